The SMILES string of the molecule is CC(C)(C)CCC1CCCC(Cl)C1. The molecule has 78 valence electrons. The number of rotatable bonds is 2. The molecule has 0 N–H and O–H groups in total. The first-order chi connectivity index (χ1) is 5.97. The summed E-state index contributed by atoms with van der Waals surface area (Å²) in [6.07, 6.45) is 8.00. The van der Waals surface area contributed by atoms with Gasteiger partial charge in [0.1, 0.15) is 0 Å². The summed E-state index contributed by atoms with van der Waals surface area (Å²) in [4.78, 5) is 0. The van der Waals surface area contributed by atoms with Gasteiger partial charge in [-0.3, -0.25) is 0 Å². The van der Waals surface area contributed by atoms with E-state index in [4.69, 9.17) is 11.6 Å². The Morgan fingerprint density at radius 2 is 1.92 bits per heavy atom. The second-order valence-electron chi connectivity index (χ2n) is 5.73. The third kappa shape index (κ3) is 4.90. The lowest BCUT2D eigenvalue weighted by Crippen LogP contribution is -2.17. The van der Waals surface area contributed by atoms with E-state index < -0.39 is 0 Å². The van der Waals surface area contributed by atoms with Crippen LogP contribution in [0.3, 0.4) is 0 Å². The number of alkyl halides is 1. The maximum Gasteiger partial charge on any atom is 0.0338 e. The fourth-order valence-electron chi connectivity index (χ4n) is 2.12. The Labute approximate surface area is 88.1 Å². The molecule has 1 fully saturated rings. The van der Waals surface area contributed by atoms with Gasteiger partial charge in [0, 0.05) is 5.38 Å². The highest BCUT2D eigenvalue weighted by Crippen LogP contribution is 2.33. The van der Waals surface area contributed by atoms with Crippen LogP contribution in [-0.2, 0) is 0 Å². The monoisotopic (exact) mass is 202 g/mol. The van der Waals surface area contributed by atoms with Crippen molar-refractivity contribution in [1.29, 1.82) is 0 Å². The van der Waals surface area contributed by atoms with Crippen LogP contribution < -0.4 is 0 Å². The zero-order chi connectivity index (χ0) is 9.90. The van der Waals surface area contributed by atoms with Crippen molar-refractivity contribution >= 4 is 11.6 Å². The normalized spacial score (nSPS) is 30.5. The first kappa shape index (κ1) is 11.4. The van der Waals surface area contributed by atoms with Crippen molar-refractivity contribution in [2.45, 2.75) is 64.7 Å². The van der Waals surface area contributed by atoms with Gasteiger partial charge in [0.05, 0.1) is 0 Å². The van der Waals surface area contributed by atoms with Gasteiger partial charge < -0.3 is 0 Å². The first-order valence-electron chi connectivity index (χ1n) is 5.61. The molecule has 0 bridgehead atoms. The minimum absolute atomic E-state index is 0.471. The smallest absolute Gasteiger partial charge is 0.0338 e. The predicted molar refractivity (Wildman–Crippen MR) is 60.3 cm³/mol. The molecule has 0 spiro atoms. The molecule has 1 heteroatoms. The van der Waals surface area contributed by atoms with Crippen LogP contribution in [0.15, 0.2) is 0 Å². The molecule has 0 saturated heterocycles. The Kier molecular flexibility index (Phi) is 4.09. The van der Waals surface area contributed by atoms with Gasteiger partial charge in [0.2, 0.25) is 0 Å². The van der Waals surface area contributed by atoms with Crippen LogP contribution in [0.4, 0.5) is 0 Å². The second kappa shape index (κ2) is 4.68. The van der Waals surface area contributed by atoms with Crippen LogP contribution in [0, 0.1) is 11.3 Å². The van der Waals surface area contributed by atoms with Gasteiger partial charge in [-0.25, -0.2) is 0 Å². The van der Waals surface area contributed by atoms with Gasteiger partial charge in [-0.2, -0.15) is 0 Å². The van der Waals surface area contributed by atoms with Gasteiger partial charge in [0.25, 0.3) is 0 Å². The van der Waals surface area contributed by atoms with Crippen LogP contribution in [0.1, 0.15) is 59.3 Å². The molecule has 0 nitrogen and oxygen atoms in total. The van der Waals surface area contributed by atoms with E-state index in [-0.39, 0.29) is 0 Å². The molecule has 0 aromatic carbocycles. The van der Waals surface area contributed by atoms with Crippen molar-refractivity contribution in [1.82, 2.24) is 0 Å². The zero-order valence-corrected chi connectivity index (χ0v) is 10.0. The average molecular weight is 203 g/mol. The van der Waals surface area contributed by atoms with Crippen LogP contribution in [0.25, 0.3) is 0 Å². The predicted octanol–water partition coefficient (Wildman–Crippen LogP) is 4.61. The lowest BCUT2D eigenvalue weighted by molar-refractivity contribution is 0.276. The van der Waals surface area contributed by atoms with Crippen molar-refractivity contribution in [2.24, 2.45) is 11.3 Å². The topological polar surface area (TPSA) is 0 Å². The maximum atomic E-state index is 6.16. The molecule has 2 unspecified atom stereocenters. The molecule has 0 amide bonds. The quantitative estimate of drug-likeness (QED) is 0.574. The van der Waals surface area contributed by atoms with Crippen molar-refractivity contribution in [3.63, 3.8) is 0 Å². The van der Waals surface area contributed by atoms with Gasteiger partial charge in [0.15, 0.2) is 0 Å². The van der Waals surface area contributed by atoms with E-state index >= 15 is 0 Å². The zero-order valence-electron chi connectivity index (χ0n) is 9.28. The highest BCUT2D eigenvalue weighted by molar-refractivity contribution is 6.20. The molecule has 1 rings (SSSR count). The van der Waals surface area contributed by atoms with E-state index in [1.54, 1.807) is 0 Å². The number of halogens is 1. The van der Waals surface area contributed by atoms with E-state index in [9.17, 15) is 0 Å². The Bertz CT molecular complexity index is 146. The van der Waals surface area contributed by atoms with E-state index in [2.05, 4.69) is 20.8 Å². The van der Waals surface area contributed by atoms with E-state index in [0.717, 1.165) is 5.92 Å². The van der Waals surface area contributed by atoms with E-state index in [0.29, 0.717) is 10.8 Å². The highest BCUT2D eigenvalue weighted by atomic mass is 35.5. The molecule has 0 aromatic rings. The third-order valence-electron chi connectivity index (χ3n) is 3.02. The second-order valence-corrected chi connectivity index (χ2v) is 6.35. The molecule has 0 heterocycles. The van der Waals surface area contributed by atoms with Gasteiger partial charge in [-0.1, -0.05) is 33.6 Å². The molecule has 13 heavy (non-hydrogen) atoms. The number of hydrogen-bond acceptors (Lipinski definition) is 0. The van der Waals surface area contributed by atoms with Crippen LogP contribution in [0.2, 0.25) is 0 Å². The Balaban J connectivity index is 2.21. The maximum absolute atomic E-state index is 6.16. The lowest BCUT2D eigenvalue weighted by atomic mass is 9.80. The van der Waals surface area contributed by atoms with Crippen LogP contribution >= 0.6 is 11.6 Å². The molecule has 0 radical (unpaired) electrons. The Hall–Kier alpha value is 0.290. The van der Waals surface area contributed by atoms with Crippen molar-refractivity contribution < 1.29 is 0 Å². The molecular weight excluding hydrogens is 180 g/mol. The Morgan fingerprint density at radius 3 is 2.46 bits per heavy atom. The van der Waals surface area contributed by atoms with Crippen molar-refractivity contribution in [3.05, 3.63) is 0 Å². The summed E-state index contributed by atoms with van der Waals surface area (Å²) >= 11 is 6.16. The summed E-state index contributed by atoms with van der Waals surface area (Å²) < 4.78 is 0. The molecule has 1 aliphatic carbocycles. The standard InChI is InChI=1S/C12H23Cl/c1-12(2,3)8-7-10-5-4-6-11(13)9-10/h10-11H,4-9H2,1-3H3. The van der Waals surface area contributed by atoms with E-state index in [1.165, 1.54) is 38.5 Å². The van der Waals surface area contributed by atoms with Crippen molar-refractivity contribution in [3.8, 4) is 0 Å². The third-order valence-corrected chi connectivity index (χ3v) is 3.42. The fraction of sp³-hybridized carbons (Fsp3) is 1.00. The first-order valence-corrected chi connectivity index (χ1v) is 6.05. The fourth-order valence-corrected chi connectivity index (χ4v) is 2.53. The largest absolute Gasteiger partial charge is 0.123 e. The van der Waals surface area contributed by atoms with Crippen molar-refractivity contribution in [2.75, 3.05) is 0 Å². The van der Waals surface area contributed by atoms with Gasteiger partial charge in [-0.05, 0) is 37.0 Å². The summed E-state index contributed by atoms with van der Waals surface area (Å²) in [6.45, 7) is 6.98. The van der Waals surface area contributed by atoms with Gasteiger partial charge in [-0.15, -0.1) is 11.6 Å². The lowest BCUT2D eigenvalue weighted by Gasteiger charge is -2.28. The summed E-state index contributed by atoms with van der Waals surface area (Å²) in [7, 11) is 0. The number of hydrogen-bond donors (Lipinski definition) is 0. The molecule has 0 aliphatic heterocycles. The van der Waals surface area contributed by atoms with Crippen LogP contribution in [0.5, 0.6) is 0 Å². The molecule has 0 aromatic heterocycles. The minimum atomic E-state index is 0.471. The average Bonchev–Trinajstić information content (AvgIpc) is 2.00. The van der Waals surface area contributed by atoms with E-state index in [1.807, 2.05) is 0 Å². The summed E-state index contributed by atoms with van der Waals surface area (Å²) in [5, 5.41) is 0.471. The summed E-state index contributed by atoms with van der Waals surface area (Å²) in [6, 6.07) is 0. The summed E-state index contributed by atoms with van der Waals surface area (Å²) in [5.41, 5.74) is 0.499. The Morgan fingerprint density at radius 1 is 1.23 bits per heavy atom. The molecule has 1 aliphatic rings. The molecular formula is C12H23Cl. The minimum Gasteiger partial charge on any atom is -0.123 e. The van der Waals surface area contributed by atoms with Crippen LogP contribution in [-0.4, -0.2) is 5.38 Å². The molecule has 2 atom stereocenters. The van der Waals surface area contributed by atoms with Gasteiger partial charge >= 0.3 is 0 Å². The molecule has 1 saturated carbocycles. The highest BCUT2D eigenvalue weighted by Gasteiger charge is 2.21. The summed E-state index contributed by atoms with van der Waals surface area (Å²) in [5.74, 6) is 0.912.